The third-order valence-corrected chi connectivity index (χ3v) is 2.42. The van der Waals surface area contributed by atoms with E-state index in [1.165, 1.54) is 0 Å². The van der Waals surface area contributed by atoms with Gasteiger partial charge in [0.1, 0.15) is 0 Å². The zero-order valence-electron chi connectivity index (χ0n) is 5.65. The standard InChI is InChI=1S/C5H6Cl2N2O2/c1-2-5(6,7)3(10)9-4(11)8-2/h2H,1H3,(H2,8,9,10,11)/t2-/m0/s1. The van der Waals surface area contributed by atoms with E-state index in [9.17, 15) is 9.59 Å². The number of rotatable bonds is 0. The van der Waals surface area contributed by atoms with Gasteiger partial charge in [-0.1, -0.05) is 23.2 Å². The number of hydrogen-bond donors (Lipinski definition) is 2. The molecule has 1 atom stereocenters. The number of urea groups is 1. The molecule has 0 radical (unpaired) electrons. The minimum Gasteiger partial charge on any atom is -0.332 e. The molecule has 0 aromatic rings. The van der Waals surface area contributed by atoms with E-state index in [4.69, 9.17) is 23.2 Å². The van der Waals surface area contributed by atoms with Crippen molar-refractivity contribution in [3.8, 4) is 0 Å². The van der Waals surface area contributed by atoms with Crippen LogP contribution in [-0.4, -0.2) is 22.3 Å². The van der Waals surface area contributed by atoms with Crippen LogP contribution >= 0.6 is 23.2 Å². The second-order valence-corrected chi connectivity index (χ2v) is 3.66. The number of imide groups is 1. The summed E-state index contributed by atoms with van der Waals surface area (Å²) in [7, 11) is 0. The average Bonchev–Trinajstić information content (AvgIpc) is 1.84. The van der Waals surface area contributed by atoms with Crippen molar-refractivity contribution in [2.75, 3.05) is 0 Å². The van der Waals surface area contributed by atoms with E-state index in [1.54, 1.807) is 6.92 Å². The van der Waals surface area contributed by atoms with Gasteiger partial charge in [0.15, 0.2) is 0 Å². The lowest BCUT2D eigenvalue weighted by molar-refractivity contribution is -0.121. The molecular formula is C5H6Cl2N2O2. The first-order valence-corrected chi connectivity index (χ1v) is 3.70. The van der Waals surface area contributed by atoms with Gasteiger partial charge >= 0.3 is 6.03 Å². The Hall–Kier alpha value is -0.480. The summed E-state index contributed by atoms with van der Waals surface area (Å²) in [6, 6.07) is -1.15. The second-order valence-electron chi connectivity index (χ2n) is 2.27. The fourth-order valence-corrected chi connectivity index (χ4v) is 0.910. The molecule has 4 nitrogen and oxygen atoms in total. The van der Waals surface area contributed by atoms with E-state index < -0.39 is 22.3 Å². The molecule has 1 heterocycles. The van der Waals surface area contributed by atoms with E-state index in [-0.39, 0.29) is 0 Å². The van der Waals surface area contributed by atoms with Crippen LogP contribution in [0.4, 0.5) is 4.79 Å². The Bertz CT molecular complexity index is 217. The van der Waals surface area contributed by atoms with Crippen LogP contribution in [0, 0.1) is 0 Å². The Kier molecular flexibility index (Phi) is 1.98. The van der Waals surface area contributed by atoms with Crippen molar-refractivity contribution >= 4 is 35.1 Å². The summed E-state index contributed by atoms with van der Waals surface area (Å²) in [5.74, 6) is -0.683. The predicted molar refractivity (Wildman–Crippen MR) is 40.6 cm³/mol. The van der Waals surface area contributed by atoms with Crippen molar-refractivity contribution in [3.05, 3.63) is 0 Å². The number of carbonyl (C=O) groups excluding carboxylic acids is 2. The minimum atomic E-state index is -1.56. The molecule has 1 saturated heterocycles. The maximum Gasteiger partial charge on any atom is 0.321 e. The normalized spacial score (nSPS) is 29.2. The molecule has 0 unspecified atom stereocenters. The lowest BCUT2D eigenvalue weighted by Crippen LogP contribution is -2.62. The highest BCUT2D eigenvalue weighted by molar-refractivity contribution is 6.59. The molecule has 62 valence electrons. The van der Waals surface area contributed by atoms with Gasteiger partial charge in [-0.25, -0.2) is 4.79 Å². The van der Waals surface area contributed by atoms with Crippen LogP contribution < -0.4 is 10.6 Å². The highest BCUT2D eigenvalue weighted by atomic mass is 35.5. The Labute approximate surface area is 73.2 Å². The molecule has 3 amide bonds. The zero-order chi connectivity index (χ0) is 8.65. The molecule has 0 spiro atoms. The lowest BCUT2D eigenvalue weighted by atomic mass is 10.2. The smallest absolute Gasteiger partial charge is 0.321 e. The second kappa shape index (κ2) is 2.53. The van der Waals surface area contributed by atoms with Crippen LogP contribution in [0.25, 0.3) is 0 Å². The molecule has 0 saturated carbocycles. The zero-order valence-corrected chi connectivity index (χ0v) is 7.16. The summed E-state index contributed by atoms with van der Waals surface area (Å²) in [4.78, 5) is 21.5. The fourth-order valence-electron chi connectivity index (χ4n) is 0.706. The van der Waals surface area contributed by atoms with Crippen molar-refractivity contribution in [1.29, 1.82) is 0 Å². The van der Waals surface area contributed by atoms with Crippen LogP contribution in [0.2, 0.25) is 0 Å². The molecule has 1 fully saturated rings. The Morgan fingerprint density at radius 3 is 2.45 bits per heavy atom. The van der Waals surface area contributed by atoms with E-state index >= 15 is 0 Å². The van der Waals surface area contributed by atoms with Crippen molar-refractivity contribution in [1.82, 2.24) is 10.6 Å². The summed E-state index contributed by atoms with van der Waals surface area (Å²) in [5, 5.41) is 4.31. The van der Waals surface area contributed by atoms with Gasteiger partial charge in [-0.15, -0.1) is 0 Å². The molecule has 6 heteroatoms. The topological polar surface area (TPSA) is 58.2 Å². The first kappa shape index (κ1) is 8.62. The third-order valence-electron chi connectivity index (χ3n) is 1.42. The lowest BCUT2D eigenvalue weighted by Gasteiger charge is -2.30. The molecule has 0 bridgehead atoms. The van der Waals surface area contributed by atoms with Gasteiger partial charge in [0.25, 0.3) is 5.91 Å². The van der Waals surface area contributed by atoms with Crippen LogP contribution in [-0.2, 0) is 4.79 Å². The highest BCUT2D eigenvalue weighted by Crippen LogP contribution is 2.27. The summed E-state index contributed by atoms with van der Waals surface area (Å²) < 4.78 is -1.56. The molecule has 0 aromatic carbocycles. The first-order chi connectivity index (χ1) is 4.94. The molecule has 1 aliphatic heterocycles. The summed E-state index contributed by atoms with van der Waals surface area (Å²) in [6.45, 7) is 1.55. The van der Waals surface area contributed by atoms with E-state index in [0.29, 0.717) is 0 Å². The minimum absolute atomic E-state index is 0.570. The first-order valence-electron chi connectivity index (χ1n) is 2.94. The van der Waals surface area contributed by atoms with Crippen LogP contribution in [0.1, 0.15) is 6.92 Å². The molecular weight excluding hydrogens is 191 g/mol. The summed E-state index contributed by atoms with van der Waals surface area (Å²) in [5.41, 5.74) is 0. The Balaban J connectivity index is 2.84. The van der Waals surface area contributed by atoms with Gasteiger partial charge in [0, 0.05) is 0 Å². The number of halogens is 2. The van der Waals surface area contributed by atoms with Gasteiger partial charge in [0.2, 0.25) is 4.33 Å². The highest BCUT2D eigenvalue weighted by Gasteiger charge is 2.45. The van der Waals surface area contributed by atoms with Crippen LogP contribution in [0.5, 0.6) is 0 Å². The number of amides is 3. The average molecular weight is 197 g/mol. The number of nitrogens with one attached hydrogen (secondary N) is 2. The maximum absolute atomic E-state index is 10.9. The fraction of sp³-hybridized carbons (Fsp3) is 0.600. The van der Waals surface area contributed by atoms with Gasteiger partial charge in [-0.2, -0.15) is 0 Å². The summed E-state index contributed by atoms with van der Waals surface area (Å²) in [6.07, 6.45) is 0. The SMILES string of the molecule is C[C@@H]1NC(=O)NC(=O)C1(Cl)Cl. The molecule has 1 rings (SSSR count). The van der Waals surface area contributed by atoms with Gasteiger partial charge in [-0.05, 0) is 6.92 Å². The molecule has 11 heavy (non-hydrogen) atoms. The van der Waals surface area contributed by atoms with E-state index in [1.807, 2.05) is 5.32 Å². The van der Waals surface area contributed by atoms with Gasteiger partial charge in [0.05, 0.1) is 6.04 Å². The number of carbonyl (C=O) groups is 2. The molecule has 0 aromatic heterocycles. The predicted octanol–water partition coefficient (Wildman–Crippen LogP) is 0.388. The van der Waals surface area contributed by atoms with Crippen molar-refractivity contribution in [3.63, 3.8) is 0 Å². The molecule has 1 aliphatic rings. The maximum atomic E-state index is 10.9. The summed E-state index contributed by atoms with van der Waals surface area (Å²) >= 11 is 11.2. The number of hydrogen-bond acceptors (Lipinski definition) is 2. The quantitative estimate of drug-likeness (QED) is 0.551. The van der Waals surface area contributed by atoms with Crippen LogP contribution in [0.3, 0.4) is 0 Å². The van der Waals surface area contributed by atoms with Crippen molar-refractivity contribution in [2.45, 2.75) is 17.3 Å². The van der Waals surface area contributed by atoms with Crippen LogP contribution in [0.15, 0.2) is 0 Å². The molecule has 2 N–H and O–H groups in total. The Morgan fingerprint density at radius 1 is 1.45 bits per heavy atom. The van der Waals surface area contributed by atoms with E-state index in [0.717, 1.165) is 0 Å². The van der Waals surface area contributed by atoms with Gasteiger partial charge < -0.3 is 5.32 Å². The van der Waals surface area contributed by atoms with E-state index in [2.05, 4.69) is 5.32 Å². The van der Waals surface area contributed by atoms with Gasteiger partial charge in [-0.3, -0.25) is 10.1 Å². The van der Waals surface area contributed by atoms with Crippen molar-refractivity contribution in [2.24, 2.45) is 0 Å². The monoisotopic (exact) mass is 196 g/mol. The van der Waals surface area contributed by atoms with Crippen molar-refractivity contribution < 1.29 is 9.59 Å². The molecule has 0 aliphatic carbocycles. The number of alkyl halides is 2. The largest absolute Gasteiger partial charge is 0.332 e. The Morgan fingerprint density at radius 2 is 2.00 bits per heavy atom. The third kappa shape index (κ3) is 1.41.